The molecule has 0 aromatic heterocycles. The van der Waals surface area contributed by atoms with Crippen LogP contribution in [0.25, 0.3) is 0 Å². The zero-order valence-corrected chi connectivity index (χ0v) is 12.0. The lowest BCUT2D eigenvalue weighted by atomic mass is 10.2. The van der Waals surface area contributed by atoms with Crippen molar-refractivity contribution in [3.8, 4) is 0 Å². The monoisotopic (exact) mass is 274 g/mol. The first kappa shape index (κ1) is 13.3. The summed E-state index contributed by atoms with van der Waals surface area (Å²) in [6, 6.07) is 26.8. The van der Waals surface area contributed by atoms with Crippen LogP contribution in [0, 0.1) is 6.92 Å². The van der Waals surface area contributed by atoms with Crippen LogP contribution in [0.1, 0.15) is 5.56 Å². The molecule has 104 valence electrons. The second kappa shape index (κ2) is 6.14. The largest absolute Gasteiger partial charge is 0.356 e. The van der Waals surface area contributed by atoms with E-state index in [1.54, 1.807) is 0 Å². The summed E-state index contributed by atoms with van der Waals surface area (Å²) in [4.78, 5) is 0. The van der Waals surface area contributed by atoms with Crippen molar-refractivity contribution in [3.05, 3.63) is 84.4 Å². The van der Waals surface area contributed by atoms with Gasteiger partial charge in [0.1, 0.15) is 0 Å². The zero-order valence-electron chi connectivity index (χ0n) is 12.0. The Bertz CT molecular complexity index is 703. The van der Waals surface area contributed by atoms with Gasteiger partial charge in [0, 0.05) is 22.7 Å². The molecule has 0 aliphatic carbocycles. The molecule has 0 saturated heterocycles. The molecular weight excluding hydrogens is 256 g/mol. The third kappa shape index (κ3) is 3.63. The molecule has 2 heteroatoms. The van der Waals surface area contributed by atoms with E-state index in [0.717, 1.165) is 22.7 Å². The van der Waals surface area contributed by atoms with Gasteiger partial charge in [-0.25, -0.2) is 0 Å². The lowest BCUT2D eigenvalue weighted by Gasteiger charge is -2.10. The van der Waals surface area contributed by atoms with E-state index in [9.17, 15) is 0 Å². The Kier molecular flexibility index (Phi) is 3.88. The van der Waals surface area contributed by atoms with Crippen LogP contribution in [0.15, 0.2) is 78.9 Å². The van der Waals surface area contributed by atoms with Gasteiger partial charge in [0.05, 0.1) is 0 Å². The molecular formula is C19H18N2. The predicted octanol–water partition coefficient (Wildman–Crippen LogP) is 5.48. The van der Waals surface area contributed by atoms with Crippen molar-refractivity contribution >= 4 is 22.7 Å². The minimum atomic E-state index is 1.08. The highest BCUT2D eigenvalue weighted by molar-refractivity contribution is 5.66. The number of benzene rings is 3. The Morgan fingerprint density at radius 1 is 0.524 bits per heavy atom. The van der Waals surface area contributed by atoms with Crippen LogP contribution in [0.4, 0.5) is 22.7 Å². The number of para-hydroxylation sites is 1. The molecule has 3 rings (SSSR count). The van der Waals surface area contributed by atoms with E-state index >= 15 is 0 Å². The zero-order chi connectivity index (χ0) is 14.5. The summed E-state index contributed by atoms with van der Waals surface area (Å²) in [6.07, 6.45) is 0. The summed E-state index contributed by atoms with van der Waals surface area (Å²) in [5, 5.41) is 6.78. The molecule has 0 aliphatic heterocycles. The number of nitrogens with one attached hydrogen (secondary N) is 2. The second-order valence-corrected chi connectivity index (χ2v) is 5.06. The predicted molar refractivity (Wildman–Crippen MR) is 90.6 cm³/mol. The molecule has 0 amide bonds. The molecule has 3 aromatic rings. The van der Waals surface area contributed by atoms with Gasteiger partial charge >= 0.3 is 0 Å². The quantitative estimate of drug-likeness (QED) is 0.658. The average Bonchev–Trinajstić information content (AvgIpc) is 2.50. The van der Waals surface area contributed by atoms with E-state index in [1.807, 2.05) is 18.2 Å². The van der Waals surface area contributed by atoms with Gasteiger partial charge in [-0.05, 0) is 61.0 Å². The molecule has 0 spiro atoms. The molecule has 0 bridgehead atoms. The van der Waals surface area contributed by atoms with Crippen LogP contribution in [0.3, 0.4) is 0 Å². The first-order valence-electron chi connectivity index (χ1n) is 7.05. The van der Waals surface area contributed by atoms with Crippen LogP contribution in [0.5, 0.6) is 0 Å². The molecule has 0 atom stereocenters. The Morgan fingerprint density at radius 2 is 1.05 bits per heavy atom. The van der Waals surface area contributed by atoms with E-state index in [0.29, 0.717) is 0 Å². The SMILES string of the molecule is Cc1cccc(Nc2ccc(Nc3ccccc3)cc2)c1. The lowest BCUT2D eigenvalue weighted by Crippen LogP contribution is -1.92. The Morgan fingerprint density at radius 3 is 1.67 bits per heavy atom. The molecule has 2 N–H and O–H groups in total. The third-order valence-electron chi connectivity index (χ3n) is 3.25. The van der Waals surface area contributed by atoms with Gasteiger partial charge in [-0.15, -0.1) is 0 Å². The molecule has 0 unspecified atom stereocenters. The van der Waals surface area contributed by atoms with E-state index < -0.39 is 0 Å². The van der Waals surface area contributed by atoms with Gasteiger partial charge in [-0.1, -0.05) is 30.3 Å². The number of hydrogen-bond donors (Lipinski definition) is 2. The fourth-order valence-corrected chi connectivity index (χ4v) is 2.21. The normalized spacial score (nSPS) is 10.1. The molecule has 21 heavy (non-hydrogen) atoms. The molecule has 0 heterocycles. The van der Waals surface area contributed by atoms with E-state index in [1.165, 1.54) is 5.56 Å². The standard InChI is InChI=1S/C19H18N2/c1-15-6-5-9-19(14-15)21-18-12-10-17(11-13-18)20-16-7-3-2-4-8-16/h2-14,20-21H,1H3. The van der Waals surface area contributed by atoms with Crippen molar-refractivity contribution < 1.29 is 0 Å². The average molecular weight is 274 g/mol. The van der Waals surface area contributed by atoms with Crippen molar-refractivity contribution in [2.75, 3.05) is 10.6 Å². The fraction of sp³-hybridized carbons (Fsp3) is 0.0526. The van der Waals surface area contributed by atoms with Gasteiger partial charge in [-0.3, -0.25) is 0 Å². The number of anilines is 4. The Hall–Kier alpha value is -2.74. The van der Waals surface area contributed by atoms with Gasteiger partial charge in [0.25, 0.3) is 0 Å². The molecule has 0 fully saturated rings. The summed E-state index contributed by atoms with van der Waals surface area (Å²) in [6.45, 7) is 2.10. The van der Waals surface area contributed by atoms with Crippen molar-refractivity contribution in [1.82, 2.24) is 0 Å². The number of hydrogen-bond acceptors (Lipinski definition) is 2. The fourth-order valence-electron chi connectivity index (χ4n) is 2.21. The van der Waals surface area contributed by atoms with Crippen LogP contribution in [0.2, 0.25) is 0 Å². The minimum Gasteiger partial charge on any atom is -0.356 e. The summed E-state index contributed by atoms with van der Waals surface area (Å²) in [7, 11) is 0. The topological polar surface area (TPSA) is 24.1 Å². The minimum absolute atomic E-state index is 1.08. The maximum absolute atomic E-state index is 3.41. The van der Waals surface area contributed by atoms with Crippen LogP contribution < -0.4 is 10.6 Å². The van der Waals surface area contributed by atoms with Gasteiger partial charge < -0.3 is 10.6 Å². The van der Waals surface area contributed by atoms with E-state index in [2.05, 4.69) is 78.2 Å². The third-order valence-corrected chi connectivity index (χ3v) is 3.25. The molecule has 3 aromatic carbocycles. The molecule has 0 radical (unpaired) electrons. The Balaban J connectivity index is 1.69. The molecule has 0 aliphatic rings. The smallest absolute Gasteiger partial charge is 0.0386 e. The maximum Gasteiger partial charge on any atom is 0.0386 e. The highest BCUT2D eigenvalue weighted by Gasteiger charge is 1.97. The first-order valence-corrected chi connectivity index (χ1v) is 7.05. The van der Waals surface area contributed by atoms with Crippen molar-refractivity contribution in [3.63, 3.8) is 0 Å². The second-order valence-electron chi connectivity index (χ2n) is 5.06. The van der Waals surface area contributed by atoms with Crippen molar-refractivity contribution in [1.29, 1.82) is 0 Å². The van der Waals surface area contributed by atoms with Crippen LogP contribution >= 0.6 is 0 Å². The molecule has 2 nitrogen and oxygen atoms in total. The number of aryl methyl sites for hydroxylation is 1. The van der Waals surface area contributed by atoms with Gasteiger partial charge in [0.15, 0.2) is 0 Å². The highest BCUT2D eigenvalue weighted by atomic mass is 14.9. The summed E-state index contributed by atoms with van der Waals surface area (Å²) >= 11 is 0. The first-order chi connectivity index (χ1) is 10.3. The summed E-state index contributed by atoms with van der Waals surface area (Å²) < 4.78 is 0. The lowest BCUT2D eigenvalue weighted by molar-refractivity contribution is 1.45. The van der Waals surface area contributed by atoms with Gasteiger partial charge in [-0.2, -0.15) is 0 Å². The van der Waals surface area contributed by atoms with Crippen LogP contribution in [-0.4, -0.2) is 0 Å². The number of rotatable bonds is 4. The van der Waals surface area contributed by atoms with Gasteiger partial charge in [0.2, 0.25) is 0 Å². The van der Waals surface area contributed by atoms with E-state index in [4.69, 9.17) is 0 Å². The highest BCUT2D eigenvalue weighted by Crippen LogP contribution is 2.21. The molecule has 0 saturated carbocycles. The Labute approximate surface area is 125 Å². The maximum atomic E-state index is 3.41. The summed E-state index contributed by atoms with van der Waals surface area (Å²) in [5.41, 5.74) is 5.62. The van der Waals surface area contributed by atoms with E-state index in [-0.39, 0.29) is 0 Å². The summed E-state index contributed by atoms with van der Waals surface area (Å²) in [5.74, 6) is 0. The van der Waals surface area contributed by atoms with Crippen molar-refractivity contribution in [2.45, 2.75) is 6.92 Å². The van der Waals surface area contributed by atoms with Crippen LogP contribution in [-0.2, 0) is 0 Å². The van der Waals surface area contributed by atoms with Crippen molar-refractivity contribution in [2.24, 2.45) is 0 Å².